The maximum absolute atomic E-state index is 2.36. The van der Waals surface area contributed by atoms with Gasteiger partial charge in [-0.25, -0.2) is 0 Å². The van der Waals surface area contributed by atoms with Crippen molar-refractivity contribution in [2.24, 2.45) is 0 Å². The van der Waals surface area contributed by atoms with Crippen molar-refractivity contribution in [1.29, 1.82) is 0 Å². The van der Waals surface area contributed by atoms with Crippen molar-refractivity contribution in [2.75, 3.05) is 20.6 Å². The van der Waals surface area contributed by atoms with Gasteiger partial charge in [0.05, 0.1) is 20.6 Å². The molecule has 0 aromatic heterocycles. The second kappa shape index (κ2) is 7.25. The van der Waals surface area contributed by atoms with Gasteiger partial charge in [-0.15, -0.1) is 0 Å². The van der Waals surface area contributed by atoms with Crippen molar-refractivity contribution in [3.63, 3.8) is 0 Å². The fourth-order valence-electron chi connectivity index (χ4n) is 4.31. The highest BCUT2D eigenvalue weighted by molar-refractivity contribution is 5.47. The van der Waals surface area contributed by atoms with Crippen LogP contribution in [0.25, 0.3) is 0 Å². The number of rotatable bonds is 6. The summed E-state index contributed by atoms with van der Waals surface area (Å²) in [5.41, 5.74) is 3.78. The van der Waals surface area contributed by atoms with Crippen molar-refractivity contribution >= 4 is 0 Å². The Morgan fingerprint density at radius 2 is 0.920 bits per heavy atom. The Balaban J connectivity index is 2.40. The van der Waals surface area contributed by atoms with Crippen LogP contribution in [0.2, 0.25) is 0 Å². The van der Waals surface area contributed by atoms with Crippen molar-refractivity contribution in [3.8, 4) is 0 Å². The first-order chi connectivity index (χ1) is 12.1. The molecule has 1 heteroatoms. The molecule has 0 radical (unpaired) electrons. The van der Waals surface area contributed by atoms with Gasteiger partial charge in [0.15, 0.2) is 5.54 Å². The molecule has 3 rings (SSSR count). The first-order valence-corrected chi connectivity index (χ1v) is 9.12. The van der Waals surface area contributed by atoms with E-state index in [-0.39, 0.29) is 5.54 Å². The van der Waals surface area contributed by atoms with Gasteiger partial charge >= 0.3 is 0 Å². The van der Waals surface area contributed by atoms with Gasteiger partial charge in [0.1, 0.15) is 0 Å². The third kappa shape index (κ3) is 3.01. The molecule has 0 N–H and O–H groups in total. The third-order valence-electron chi connectivity index (χ3n) is 5.27. The van der Waals surface area contributed by atoms with Crippen LogP contribution in [0.3, 0.4) is 0 Å². The van der Waals surface area contributed by atoms with E-state index in [0.717, 1.165) is 17.4 Å². The highest BCUT2D eigenvalue weighted by Gasteiger charge is 2.49. The van der Waals surface area contributed by atoms with E-state index in [1.807, 2.05) is 0 Å². The first-order valence-electron chi connectivity index (χ1n) is 9.12. The fourth-order valence-corrected chi connectivity index (χ4v) is 4.31. The van der Waals surface area contributed by atoms with Crippen molar-refractivity contribution in [2.45, 2.75) is 18.9 Å². The SMILES string of the molecule is CCC[N+](C)(C)C(c1ccccc1)(c1ccccc1)c1ccccc1. The van der Waals surface area contributed by atoms with E-state index in [9.17, 15) is 0 Å². The number of nitrogens with zero attached hydrogens (tertiary/aromatic N) is 1. The van der Waals surface area contributed by atoms with Crippen molar-refractivity contribution < 1.29 is 4.48 Å². The summed E-state index contributed by atoms with van der Waals surface area (Å²) >= 11 is 0. The summed E-state index contributed by atoms with van der Waals surface area (Å²) < 4.78 is 0.877. The summed E-state index contributed by atoms with van der Waals surface area (Å²) in [5, 5.41) is 0. The molecule has 1 nitrogen and oxygen atoms in total. The van der Waals surface area contributed by atoms with E-state index in [1.165, 1.54) is 16.7 Å². The Labute approximate surface area is 152 Å². The van der Waals surface area contributed by atoms with Crippen molar-refractivity contribution in [3.05, 3.63) is 108 Å². The quantitative estimate of drug-likeness (QED) is 0.415. The molecule has 0 amide bonds. The lowest BCUT2D eigenvalue weighted by Gasteiger charge is -2.50. The highest BCUT2D eigenvalue weighted by atomic mass is 15.4. The Kier molecular flexibility index (Phi) is 5.06. The van der Waals surface area contributed by atoms with Gasteiger partial charge < -0.3 is 4.48 Å². The smallest absolute Gasteiger partial charge is 0.176 e. The van der Waals surface area contributed by atoms with Crippen LogP contribution < -0.4 is 0 Å². The maximum Gasteiger partial charge on any atom is 0.176 e. The second-order valence-corrected chi connectivity index (χ2v) is 7.22. The molecule has 128 valence electrons. The molecule has 0 spiro atoms. The standard InChI is InChI=1S/C24H28N/c1-4-20-25(2,3)24(21-14-8-5-9-15-21,22-16-10-6-11-17-22)23-18-12-7-13-19-23/h5-19H,4,20H2,1-3H3/q+1. The highest BCUT2D eigenvalue weighted by Crippen LogP contribution is 2.45. The van der Waals surface area contributed by atoms with Crippen LogP contribution in [0.4, 0.5) is 0 Å². The molecule has 0 aliphatic heterocycles. The van der Waals surface area contributed by atoms with E-state index in [4.69, 9.17) is 0 Å². The third-order valence-corrected chi connectivity index (χ3v) is 5.27. The van der Waals surface area contributed by atoms with Crippen LogP contribution in [-0.2, 0) is 5.54 Å². The number of quaternary nitrogens is 1. The number of hydrogen-bond donors (Lipinski definition) is 0. The summed E-state index contributed by atoms with van der Waals surface area (Å²) in [4.78, 5) is 0. The summed E-state index contributed by atoms with van der Waals surface area (Å²) in [5.74, 6) is 0. The molecule has 0 atom stereocenters. The molecular weight excluding hydrogens is 302 g/mol. The molecule has 0 saturated carbocycles. The van der Waals surface area contributed by atoms with Gasteiger partial charge in [-0.1, -0.05) is 97.9 Å². The average Bonchev–Trinajstić information content (AvgIpc) is 2.65. The van der Waals surface area contributed by atoms with E-state index in [0.29, 0.717) is 0 Å². The Hall–Kier alpha value is -2.38. The summed E-state index contributed by atoms with van der Waals surface area (Å²) in [6, 6.07) is 32.9. The molecular formula is C24H28N+. The molecule has 0 bridgehead atoms. The monoisotopic (exact) mass is 330 g/mol. The van der Waals surface area contributed by atoms with E-state index >= 15 is 0 Å². The van der Waals surface area contributed by atoms with Gasteiger partial charge in [0.2, 0.25) is 0 Å². The molecule has 0 aliphatic rings. The Morgan fingerprint density at radius 3 is 1.20 bits per heavy atom. The molecule has 0 fully saturated rings. The van der Waals surface area contributed by atoms with Crippen LogP contribution in [0.15, 0.2) is 91.0 Å². The minimum absolute atomic E-state index is 0.236. The maximum atomic E-state index is 2.36. The zero-order valence-corrected chi connectivity index (χ0v) is 15.5. The minimum Gasteiger partial charge on any atom is -0.312 e. The van der Waals surface area contributed by atoms with Gasteiger partial charge in [-0.2, -0.15) is 0 Å². The normalized spacial score (nSPS) is 12.1. The van der Waals surface area contributed by atoms with E-state index < -0.39 is 0 Å². The zero-order valence-electron chi connectivity index (χ0n) is 15.5. The number of hydrogen-bond acceptors (Lipinski definition) is 0. The minimum atomic E-state index is -0.236. The average molecular weight is 330 g/mol. The molecule has 0 heterocycles. The lowest BCUT2D eigenvalue weighted by atomic mass is 9.74. The zero-order chi connectivity index (χ0) is 17.8. The molecule has 0 saturated heterocycles. The summed E-state index contributed by atoms with van der Waals surface area (Å²) in [6.45, 7) is 3.37. The van der Waals surface area contributed by atoms with E-state index in [1.54, 1.807) is 0 Å². The van der Waals surface area contributed by atoms with Gasteiger partial charge in [0, 0.05) is 16.7 Å². The topological polar surface area (TPSA) is 0 Å². The van der Waals surface area contributed by atoms with Crippen molar-refractivity contribution in [1.82, 2.24) is 0 Å². The predicted octanol–water partition coefficient (Wildman–Crippen LogP) is 5.46. The summed E-state index contributed by atoms with van der Waals surface area (Å²) in [6.07, 6.45) is 1.14. The first kappa shape index (κ1) is 17.4. The van der Waals surface area contributed by atoms with Gasteiger partial charge in [-0.05, 0) is 6.42 Å². The lowest BCUT2D eigenvalue weighted by molar-refractivity contribution is -0.936. The van der Waals surface area contributed by atoms with Crippen LogP contribution in [0.1, 0.15) is 30.0 Å². The summed E-state index contributed by atoms with van der Waals surface area (Å²) in [7, 11) is 4.72. The Morgan fingerprint density at radius 1 is 0.600 bits per heavy atom. The molecule has 3 aromatic rings. The van der Waals surface area contributed by atoms with Gasteiger partial charge in [-0.3, -0.25) is 0 Å². The lowest BCUT2D eigenvalue weighted by Crippen LogP contribution is -2.59. The number of benzene rings is 3. The van der Waals surface area contributed by atoms with Crippen LogP contribution in [0, 0.1) is 0 Å². The largest absolute Gasteiger partial charge is 0.312 e. The predicted molar refractivity (Wildman–Crippen MR) is 106 cm³/mol. The molecule has 25 heavy (non-hydrogen) atoms. The molecule has 3 aromatic carbocycles. The Bertz CT molecular complexity index is 679. The van der Waals surface area contributed by atoms with Crippen LogP contribution in [0.5, 0.6) is 0 Å². The van der Waals surface area contributed by atoms with Crippen LogP contribution in [-0.4, -0.2) is 25.1 Å². The second-order valence-electron chi connectivity index (χ2n) is 7.22. The van der Waals surface area contributed by atoms with Gasteiger partial charge in [0.25, 0.3) is 0 Å². The molecule has 0 aliphatic carbocycles. The fraction of sp³-hybridized carbons (Fsp3) is 0.250. The van der Waals surface area contributed by atoms with Crippen LogP contribution >= 0.6 is 0 Å². The van der Waals surface area contributed by atoms with E-state index in [2.05, 4.69) is 112 Å². The molecule has 0 unspecified atom stereocenters.